The Morgan fingerprint density at radius 1 is 1.47 bits per heavy atom. The molecule has 0 unspecified atom stereocenters. The SMILES string of the molecule is CCn1cnnc1CNc1cc(C(=O)O)cc(C)n1. The zero-order chi connectivity index (χ0) is 13.8. The molecule has 2 N–H and O–H groups in total. The number of carboxylic acid groups (broad SMARTS) is 1. The summed E-state index contributed by atoms with van der Waals surface area (Å²) in [6, 6.07) is 3.03. The van der Waals surface area contributed by atoms with E-state index in [1.54, 1.807) is 13.3 Å². The molecule has 2 heterocycles. The summed E-state index contributed by atoms with van der Waals surface area (Å²) in [4.78, 5) is 15.2. The van der Waals surface area contributed by atoms with E-state index in [4.69, 9.17) is 5.11 Å². The van der Waals surface area contributed by atoms with Crippen molar-refractivity contribution in [2.75, 3.05) is 5.32 Å². The van der Waals surface area contributed by atoms with Crippen LogP contribution in [0.25, 0.3) is 0 Å². The number of aromatic carboxylic acids is 1. The highest BCUT2D eigenvalue weighted by Gasteiger charge is 2.08. The van der Waals surface area contributed by atoms with Gasteiger partial charge in [0.2, 0.25) is 0 Å². The molecule has 0 radical (unpaired) electrons. The quantitative estimate of drug-likeness (QED) is 0.843. The number of carboxylic acids is 1. The van der Waals surface area contributed by atoms with Crippen molar-refractivity contribution in [1.82, 2.24) is 19.7 Å². The van der Waals surface area contributed by atoms with Crippen LogP contribution in [0.5, 0.6) is 0 Å². The first-order chi connectivity index (χ1) is 9.10. The third-order valence-corrected chi connectivity index (χ3v) is 2.66. The molecule has 19 heavy (non-hydrogen) atoms. The van der Waals surface area contributed by atoms with Crippen molar-refractivity contribution in [2.45, 2.75) is 26.9 Å². The fourth-order valence-corrected chi connectivity index (χ4v) is 1.73. The lowest BCUT2D eigenvalue weighted by molar-refractivity contribution is 0.0696. The maximum Gasteiger partial charge on any atom is 0.335 e. The molecule has 0 amide bonds. The summed E-state index contributed by atoms with van der Waals surface area (Å²) in [6.07, 6.45) is 1.66. The number of carbonyl (C=O) groups is 1. The lowest BCUT2D eigenvalue weighted by Gasteiger charge is -2.08. The van der Waals surface area contributed by atoms with Crippen LogP contribution in [0.15, 0.2) is 18.5 Å². The fourth-order valence-electron chi connectivity index (χ4n) is 1.73. The third-order valence-electron chi connectivity index (χ3n) is 2.66. The van der Waals surface area contributed by atoms with Crippen LogP contribution < -0.4 is 5.32 Å². The number of aromatic nitrogens is 4. The minimum Gasteiger partial charge on any atom is -0.478 e. The van der Waals surface area contributed by atoms with E-state index in [0.717, 1.165) is 12.4 Å². The Balaban J connectivity index is 2.13. The molecule has 0 aliphatic carbocycles. The van der Waals surface area contributed by atoms with Crippen molar-refractivity contribution in [3.63, 3.8) is 0 Å². The standard InChI is InChI=1S/C12H15N5O2/c1-3-17-7-14-16-11(17)6-13-10-5-9(12(18)19)4-8(2)15-10/h4-5,7H,3,6H2,1-2H3,(H,13,15)(H,18,19). The summed E-state index contributed by atoms with van der Waals surface area (Å²) in [5.74, 6) is 0.330. The molecule has 7 heteroatoms. The maximum absolute atomic E-state index is 11.0. The van der Waals surface area contributed by atoms with Crippen LogP contribution in [0.2, 0.25) is 0 Å². The zero-order valence-electron chi connectivity index (χ0n) is 10.8. The number of nitrogens with zero attached hydrogens (tertiary/aromatic N) is 4. The van der Waals surface area contributed by atoms with Gasteiger partial charge in [-0.2, -0.15) is 0 Å². The number of anilines is 1. The Bertz CT molecular complexity index is 594. The van der Waals surface area contributed by atoms with E-state index in [-0.39, 0.29) is 5.56 Å². The minimum atomic E-state index is -0.967. The molecule has 2 rings (SSSR count). The monoisotopic (exact) mass is 261 g/mol. The summed E-state index contributed by atoms with van der Waals surface area (Å²) >= 11 is 0. The van der Waals surface area contributed by atoms with E-state index in [1.165, 1.54) is 12.1 Å². The lowest BCUT2D eigenvalue weighted by atomic mass is 10.2. The second kappa shape index (κ2) is 5.47. The second-order valence-electron chi connectivity index (χ2n) is 4.07. The second-order valence-corrected chi connectivity index (χ2v) is 4.07. The van der Waals surface area contributed by atoms with Crippen LogP contribution in [-0.4, -0.2) is 30.8 Å². The highest BCUT2D eigenvalue weighted by Crippen LogP contribution is 2.11. The van der Waals surface area contributed by atoms with Crippen molar-refractivity contribution in [1.29, 1.82) is 0 Å². The van der Waals surface area contributed by atoms with Crippen LogP contribution >= 0.6 is 0 Å². The predicted molar refractivity (Wildman–Crippen MR) is 69.0 cm³/mol. The number of rotatable bonds is 5. The van der Waals surface area contributed by atoms with Crippen molar-refractivity contribution in [3.05, 3.63) is 35.5 Å². The van der Waals surface area contributed by atoms with Gasteiger partial charge in [0.1, 0.15) is 12.1 Å². The first-order valence-electron chi connectivity index (χ1n) is 5.92. The molecule has 0 saturated heterocycles. The number of pyridine rings is 1. The molecule has 0 aromatic carbocycles. The summed E-state index contributed by atoms with van der Waals surface area (Å²) in [5, 5.41) is 19.9. The normalized spacial score (nSPS) is 10.4. The van der Waals surface area contributed by atoms with E-state index < -0.39 is 5.97 Å². The van der Waals surface area contributed by atoms with Gasteiger partial charge in [-0.1, -0.05) is 0 Å². The number of hydrogen-bond acceptors (Lipinski definition) is 5. The maximum atomic E-state index is 11.0. The topological polar surface area (TPSA) is 92.9 Å². The molecule has 0 aliphatic heterocycles. The van der Waals surface area contributed by atoms with E-state index >= 15 is 0 Å². The van der Waals surface area contributed by atoms with Gasteiger partial charge in [0.05, 0.1) is 12.1 Å². The van der Waals surface area contributed by atoms with Crippen molar-refractivity contribution in [2.24, 2.45) is 0 Å². The fraction of sp³-hybridized carbons (Fsp3) is 0.333. The van der Waals surface area contributed by atoms with Gasteiger partial charge in [0.15, 0.2) is 5.82 Å². The number of hydrogen-bond donors (Lipinski definition) is 2. The predicted octanol–water partition coefficient (Wildman–Crippen LogP) is 1.31. The molecule has 7 nitrogen and oxygen atoms in total. The van der Waals surface area contributed by atoms with Gasteiger partial charge < -0.3 is 15.0 Å². The number of nitrogens with one attached hydrogen (secondary N) is 1. The summed E-state index contributed by atoms with van der Waals surface area (Å²) in [6.45, 7) is 4.99. The van der Waals surface area contributed by atoms with E-state index in [0.29, 0.717) is 18.1 Å². The Kier molecular flexibility index (Phi) is 3.74. The molecule has 100 valence electrons. The Hall–Kier alpha value is -2.44. The Morgan fingerprint density at radius 3 is 2.95 bits per heavy atom. The highest BCUT2D eigenvalue weighted by molar-refractivity contribution is 5.88. The van der Waals surface area contributed by atoms with Gasteiger partial charge in [-0.25, -0.2) is 9.78 Å². The third kappa shape index (κ3) is 3.06. The summed E-state index contributed by atoms with van der Waals surface area (Å²) in [5.41, 5.74) is 0.867. The first kappa shape index (κ1) is 13.0. The van der Waals surface area contributed by atoms with E-state index in [9.17, 15) is 4.79 Å². The van der Waals surface area contributed by atoms with Crippen molar-refractivity contribution >= 4 is 11.8 Å². The average Bonchev–Trinajstić information content (AvgIpc) is 2.83. The molecule has 0 atom stereocenters. The molecule has 0 bridgehead atoms. The minimum absolute atomic E-state index is 0.215. The molecular weight excluding hydrogens is 246 g/mol. The van der Waals surface area contributed by atoms with Crippen molar-refractivity contribution in [3.8, 4) is 0 Å². The lowest BCUT2D eigenvalue weighted by Crippen LogP contribution is -2.09. The molecule has 0 spiro atoms. The van der Waals surface area contributed by atoms with E-state index in [2.05, 4.69) is 20.5 Å². The van der Waals surface area contributed by atoms with Gasteiger partial charge in [0.25, 0.3) is 0 Å². The zero-order valence-corrected chi connectivity index (χ0v) is 10.8. The van der Waals surface area contributed by atoms with Crippen LogP contribution in [0, 0.1) is 6.92 Å². The van der Waals surface area contributed by atoms with Gasteiger partial charge in [-0.05, 0) is 26.0 Å². The molecule has 2 aromatic rings. The van der Waals surface area contributed by atoms with Crippen LogP contribution in [0.3, 0.4) is 0 Å². The van der Waals surface area contributed by atoms with E-state index in [1.807, 2.05) is 11.5 Å². The van der Waals surface area contributed by atoms with Gasteiger partial charge in [-0.3, -0.25) is 0 Å². The molecule has 0 fully saturated rings. The van der Waals surface area contributed by atoms with Crippen molar-refractivity contribution < 1.29 is 9.90 Å². The molecule has 0 aliphatic rings. The highest BCUT2D eigenvalue weighted by atomic mass is 16.4. The summed E-state index contributed by atoms with van der Waals surface area (Å²) < 4.78 is 1.90. The van der Waals surface area contributed by atoms with Crippen LogP contribution in [-0.2, 0) is 13.1 Å². The van der Waals surface area contributed by atoms with Gasteiger partial charge >= 0.3 is 5.97 Å². The Morgan fingerprint density at radius 2 is 2.26 bits per heavy atom. The number of aryl methyl sites for hydroxylation is 2. The molecular formula is C12H15N5O2. The summed E-state index contributed by atoms with van der Waals surface area (Å²) in [7, 11) is 0. The molecule has 2 aromatic heterocycles. The van der Waals surface area contributed by atoms with Crippen LogP contribution in [0.1, 0.15) is 28.8 Å². The average molecular weight is 261 g/mol. The van der Waals surface area contributed by atoms with Gasteiger partial charge in [-0.15, -0.1) is 10.2 Å². The van der Waals surface area contributed by atoms with Crippen LogP contribution in [0.4, 0.5) is 5.82 Å². The largest absolute Gasteiger partial charge is 0.478 e. The smallest absolute Gasteiger partial charge is 0.335 e. The first-order valence-corrected chi connectivity index (χ1v) is 5.92. The Labute approximate surface area is 110 Å². The van der Waals surface area contributed by atoms with Gasteiger partial charge in [0, 0.05) is 12.2 Å². The molecule has 0 saturated carbocycles.